The van der Waals surface area contributed by atoms with Crippen molar-refractivity contribution in [1.29, 1.82) is 0 Å². The molecule has 0 amide bonds. The second-order valence-electron chi connectivity index (χ2n) is 6.89. The Labute approximate surface area is 193 Å². The highest BCUT2D eigenvalue weighted by Crippen LogP contribution is 2.16. The van der Waals surface area contributed by atoms with E-state index < -0.39 is 0 Å². The van der Waals surface area contributed by atoms with Gasteiger partial charge in [0.1, 0.15) is 0 Å². The molecular weight excluding hydrogens is 529 g/mol. The molecule has 28 heavy (non-hydrogen) atoms. The van der Waals surface area contributed by atoms with Gasteiger partial charge in [0.15, 0.2) is 5.96 Å². The van der Waals surface area contributed by atoms with E-state index in [1.54, 1.807) is 0 Å². The van der Waals surface area contributed by atoms with Crippen LogP contribution in [0.2, 0.25) is 0 Å². The van der Waals surface area contributed by atoms with Crippen molar-refractivity contribution in [2.75, 3.05) is 26.7 Å². The van der Waals surface area contributed by atoms with Crippen LogP contribution in [-0.2, 0) is 13.0 Å². The van der Waals surface area contributed by atoms with Gasteiger partial charge < -0.3 is 10.6 Å². The van der Waals surface area contributed by atoms with E-state index in [0.717, 1.165) is 61.6 Å². The molecule has 0 spiro atoms. The van der Waals surface area contributed by atoms with E-state index in [9.17, 15) is 0 Å². The average molecular weight is 558 g/mol. The monoisotopic (exact) mass is 557 g/mol. The summed E-state index contributed by atoms with van der Waals surface area (Å²) in [4.78, 5) is 11.2. The van der Waals surface area contributed by atoms with Gasteiger partial charge in [-0.15, -0.1) is 24.0 Å². The lowest BCUT2D eigenvalue weighted by molar-refractivity contribution is 0.198. The van der Waals surface area contributed by atoms with Crippen LogP contribution in [0, 0.1) is 0 Å². The Bertz CT molecular complexity index is 715. The van der Waals surface area contributed by atoms with Crippen molar-refractivity contribution in [1.82, 2.24) is 20.5 Å². The van der Waals surface area contributed by atoms with E-state index in [2.05, 4.69) is 71.8 Å². The first-order valence-corrected chi connectivity index (χ1v) is 10.4. The highest BCUT2D eigenvalue weighted by molar-refractivity contribution is 14.0. The number of hydrogen-bond donors (Lipinski definition) is 2. The molecule has 5 nitrogen and oxygen atoms in total. The minimum Gasteiger partial charge on any atom is -0.356 e. The van der Waals surface area contributed by atoms with Gasteiger partial charge in [-0.05, 0) is 42.7 Å². The molecule has 1 aromatic carbocycles. The predicted molar refractivity (Wildman–Crippen MR) is 130 cm³/mol. The predicted octanol–water partition coefficient (Wildman–Crippen LogP) is 3.83. The fourth-order valence-electron chi connectivity index (χ4n) is 3.33. The van der Waals surface area contributed by atoms with Gasteiger partial charge in [-0.2, -0.15) is 0 Å². The van der Waals surface area contributed by atoms with E-state index >= 15 is 0 Å². The third-order valence-electron chi connectivity index (χ3n) is 4.87. The number of likely N-dealkylation sites (tertiary alicyclic amines) is 1. The maximum Gasteiger partial charge on any atom is 0.191 e. The SMILES string of the molecule is CN=C(NCCc1ccccn1)NC1CCN(Cc2ccc(Br)cc2)CC1.I. The van der Waals surface area contributed by atoms with E-state index in [-0.39, 0.29) is 24.0 Å². The Morgan fingerprint density at radius 1 is 1.18 bits per heavy atom. The third kappa shape index (κ3) is 7.67. The largest absolute Gasteiger partial charge is 0.356 e. The molecule has 2 heterocycles. The number of nitrogens with one attached hydrogen (secondary N) is 2. The van der Waals surface area contributed by atoms with E-state index in [4.69, 9.17) is 0 Å². The topological polar surface area (TPSA) is 52.6 Å². The van der Waals surface area contributed by atoms with Crippen LogP contribution in [0.15, 0.2) is 58.1 Å². The van der Waals surface area contributed by atoms with Crippen LogP contribution >= 0.6 is 39.9 Å². The maximum atomic E-state index is 4.36. The van der Waals surface area contributed by atoms with Crippen molar-refractivity contribution in [2.24, 2.45) is 4.99 Å². The number of aliphatic imine (C=N–C) groups is 1. The number of pyridine rings is 1. The number of hydrogen-bond acceptors (Lipinski definition) is 3. The Kier molecular flexibility index (Phi) is 10.2. The lowest BCUT2D eigenvalue weighted by atomic mass is 10.0. The number of nitrogens with zero attached hydrogens (tertiary/aromatic N) is 3. The number of rotatable bonds is 6. The second kappa shape index (κ2) is 12.4. The molecule has 1 aliphatic heterocycles. The number of guanidine groups is 1. The van der Waals surface area contributed by atoms with Crippen molar-refractivity contribution in [3.05, 3.63) is 64.4 Å². The van der Waals surface area contributed by atoms with Gasteiger partial charge in [0.05, 0.1) is 0 Å². The summed E-state index contributed by atoms with van der Waals surface area (Å²) in [6, 6.07) is 15.1. The molecule has 1 fully saturated rings. The average Bonchev–Trinajstić information content (AvgIpc) is 2.71. The molecule has 1 aliphatic rings. The first kappa shape index (κ1) is 23.1. The van der Waals surface area contributed by atoms with Gasteiger partial charge >= 0.3 is 0 Å². The Morgan fingerprint density at radius 3 is 2.57 bits per heavy atom. The highest BCUT2D eigenvalue weighted by atomic mass is 127. The first-order valence-electron chi connectivity index (χ1n) is 9.57. The third-order valence-corrected chi connectivity index (χ3v) is 5.40. The second-order valence-corrected chi connectivity index (χ2v) is 7.81. The first-order chi connectivity index (χ1) is 13.2. The number of halogens is 2. The van der Waals surface area contributed by atoms with E-state index in [1.807, 2.05) is 25.4 Å². The van der Waals surface area contributed by atoms with Gasteiger partial charge in [-0.25, -0.2) is 0 Å². The van der Waals surface area contributed by atoms with Crippen LogP contribution in [0.1, 0.15) is 24.1 Å². The van der Waals surface area contributed by atoms with Crippen molar-refractivity contribution in [3.63, 3.8) is 0 Å². The molecule has 0 bridgehead atoms. The molecule has 0 unspecified atom stereocenters. The summed E-state index contributed by atoms with van der Waals surface area (Å²) in [6.07, 6.45) is 5.01. The van der Waals surface area contributed by atoms with Crippen LogP contribution in [0.4, 0.5) is 0 Å². The summed E-state index contributed by atoms with van der Waals surface area (Å²) in [7, 11) is 1.83. The zero-order valence-corrected chi connectivity index (χ0v) is 20.2. The quantitative estimate of drug-likeness (QED) is 0.322. The van der Waals surface area contributed by atoms with Gasteiger partial charge in [0.2, 0.25) is 0 Å². The Balaban J connectivity index is 0.00000280. The summed E-state index contributed by atoms with van der Waals surface area (Å²) in [5, 5.41) is 6.97. The van der Waals surface area contributed by atoms with Crippen molar-refractivity contribution >= 4 is 45.9 Å². The van der Waals surface area contributed by atoms with Gasteiger partial charge in [0, 0.05) is 62.1 Å². The van der Waals surface area contributed by atoms with Crippen LogP contribution in [0.3, 0.4) is 0 Å². The zero-order chi connectivity index (χ0) is 18.9. The maximum absolute atomic E-state index is 4.36. The van der Waals surface area contributed by atoms with Crippen LogP contribution in [0.25, 0.3) is 0 Å². The van der Waals surface area contributed by atoms with E-state index in [0.29, 0.717) is 6.04 Å². The summed E-state index contributed by atoms with van der Waals surface area (Å²) in [5.41, 5.74) is 2.47. The lowest BCUT2D eigenvalue weighted by Gasteiger charge is -2.33. The molecule has 1 aromatic heterocycles. The Morgan fingerprint density at radius 2 is 1.93 bits per heavy atom. The highest BCUT2D eigenvalue weighted by Gasteiger charge is 2.20. The molecule has 0 atom stereocenters. The normalized spacial score (nSPS) is 15.7. The van der Waals surface area contributed by atoms with Crippen molar-refractivity contribution < 1.29 is 0 Å². The fraction of sp³-hybridized carbons (Fsp3) is 0.429. The minimum absolute atomic E-state index is 0. The molecule has 2 aromatic rings. The summed E-state index contributed by atoms with van der Waals surface area (Å²) < 4.78 is 1.14. The van der Waals surface area contributed by atoms with Crippen molar-refractivity contribution in [2.45, 2.75) is 31.8 Å². The smallest absolute Gasteiger partial charge is 0.191 e. The fourth-order valence-corrected chi connectivity index (χ4v) is 3.59. The number of benzene rings is 1. The summed E-state index contributed by atoms with van der Waals surface area (Å²) in [5.74, 6) is 0.886. The van der Waals surface area contributed by atoms with Crippen LogP contribution in [0.5, 0.6) is 0 Å². The van der Waals surface area contributed by atoms with Crippen molar-refractivity contribution in [3.8, 4) is 0 Å². The number of aromatic nitrogens is 1. The molecule has 1 saturated heterocycles. The Hall–Kier alpha value is -1.19. The molecule has 0 aliphatic carbocycles. The van der Waals surface area contributed by atoms with Gasteiger partial charge in [0.25, 0.3) is 0 Å². The molecule has 152 valence electrons. The van der Waals surface area contributed by atoms with Gasteiger partial charge in [-0.3, -0.25) is 14.9 Å². The minimum atomic E-state index is 0. The van der Waals surface area contributed by atoms with E-state index in [1.165, 1.54) is 5.56 Å². The van der Waals surface area contributed by atoms with Crippen LogP contribution in [-0.4, -0.2) is 48.6 Å². The standard InChI is InChI=1S/C21H28BrN5.HI/c1-23-21(25-13-9-19-4-2-3-12-24-19)26-20-10-14-27(15-11-20)16-17-5-7-18(22)8-6-17;/h2-8,12,20H,9-11,13-16H2,1H3,(H2,23,25,26);1H. The molecule has 3 rings (SSSR count). The summed E-state index contributed by atoms with van der Waals surface area (Å²) >= 11 is 3.50. The molecule has 7 heteroatoms. The molecule has 0 radical (unpaired) electrons. The molecule has 2 N–H and O–H groups in total. The number of piperidine rings is 1. The molecular formula is C21H29BrIN5. The van der Waals surface area contributed by atoms with Crippen LogP contribution < -0.4 is 10.6 Å². The zero-order valence-electron chi connectivity index (χ0n) is 16.3. The summed E-state index contributed by atoms with van der Waals surface area (Å²) in [6.45, 7) is 4.08. The molecule has 0 saturated carbocycles. The lowest BCUT2D eigenvalue weighted by Crippen LogP contribution is -2.48. The van der Waals surface area contributed by atoms with Gasteiger partial charge in [-0.1, -0.05) is 34.1 Å².